The van der Waals surface area contributed by atoms with Gasteiger partial charge in [0.25, 0.3) is 0 Å². The van der Waals surface area contributed by atoms with E-state index in [1.54, 1.807) is 22.6 Å². The van der Waals surface area contributed by atoms with Gasteiger partial charge in [0.15, 0.2) is 0 Å². The lowest BCUT2D eigenvalue weighted by Crippen LogP contribution is -2.55. The number of hydrogen-bond acceptors (Lipinski definition) is 1. The molecule has 1 aromatic heterocycles. The normalized spacial score (nSPS) is 22.5. The maximum absolute atomic E-state index is 14.4. The summed E-state index contributed by atoms with van der Waals surface area (Å²) in [6.07, 6.45) is -9.98. The van der Waals surface area contributed by atoms with E-state index in [4.69, 9.17) is 11.6 Å². The minimum Gasteiger partial charge on any atom is -0.244 e. The van der Waals surface area contributed by atoms with Crippen molar-refractivity contribution in [2.75, 3.05) is 0 Å². The zero-order valence-corrected chi connectivity index (χ0v) is 16.3. The fraction of sp³-hybridized carbons (Fsp3) is 0.357. The van der Waals surface area contributed by atoms with E-state index in [0.717, 1.165) is 0 Å². The van der Waals surface area contributed by atoms with Crippen molar-refractivity contribution < 1.29 is 30.7 Å². The molecule has 1 atom stereocenters. The van der Waals surface area contributed by atoms with E-state index in [9.17, 15) is 30.7 Å². The van der Waals surface area contributed by atoms with E-state index in [1.165, 1.54) is 18.3 Å². The Morgan fingerprint density at radius 1 is 1.12 bits per heavy atom. The second kappa shape index (κ2) is 6.66. The maximum atomic E-state index is 14.4. The van der Waals surface area contributed by atoms with Crippen molar-refractivity contribution in [3.8, 4) is 0 Å². The number of halogens is 10. The number of aromatic nitrogens is 1. The number of pyridine rings is 1. The number of allylic oxidation sites excluding steroid dienone is 4. The third kappa shape index (κ3) is 3.71. The van der Waals surface area contributed by atoms with Gasteiger partial charge in [-0.25, -0.2) is 9.37 Å². The van der Waals surface area contributed by atoms with Crippen molar-refractivity contribution in [3.63, 3.8) is 0 Å². The summed E-state index contributed by atoms with van der Waals surface area (Å²) in [6, 6.07) is 2.80. The number of alkyl halides is 8. The molecule has 1 aromatic rings. The lowest BCUT2D eigenvalue weighted by Gasteiger charge is -2.36. The molecule has 0 radical (unpaired) electrons. The first kappa shape index (κ1) is 20.9. The van der Waals surface area contributed by atoms with Crippen molar-refractivity contribution in [2.24, 2.45) is 0 Å². The molecule has 0 bridgehead atoms. The van der Waals surface area contributed by atoms with Crippen molar-refractivity contribution in [3.05, 3.63) is 50.4 Å². The predicted molar refractivity (Wildman–Crippen MR) is 90.6 cm³/mol. The van der Waals surface area contributed by atoms with E-state index in [1.807, 2.05) is 0 Å². The average molecular weight is 564 g/mol. The lowest BCUT2D eigenvalue weighted by molar-refractivity contribution is -0.325. The Hall–Kier alpha value is -0.360. The van der Waals surface area contributed by atoms with E-state index < -0.39 is 27.9 Å². The molecule has 25 heavy (non-hydrogen) atoms. The van der Waals surface area contributed by atoms with Crippen LogP contribution in [0.1, 0.15) is 12.0 Å². The molecule has 138 valence electrons. The minimum atomic E-state index is -6.19. The van der Waals surface area contributed by atoms with Gasteiger partial charge in [-0.05, 0) is 38.3 Å². The predicted octanol–water partition coefficient (Wildman–Crippen LogP) is 6.81. The molecule has 1 aliphatic rings. The summed E-state index contributed by atoms with van der Waals surface area (Å²) in [4.78, 5) is 3.76. The zero-order chi connectivity index (χ0) is 19.3. The Kier molecular flexibility index (Phi) is 5.58. The molecule has 0 aliphatic heterocycles. The summed E-state index contributed by atoms with van der Waals surface area (Å²) in [5.74, 6) is 0. The first-order valence-electron chi connectivity index (χ1n) is 6.44. The molecule has 1 nitrogen and oxygen atoms in total. The van der Waals surface area contributed by atoms with Gasteiger partial charge in [-0.3, -0.25) is 0 Å². The Bertz CT molecular complexity index is 729. The topological polar surface area (TPSA) is 12.9 Å². The van der Waals surface area contributed by atoms with Crippen LogP contribution in [0.25, 0.3) is 0 Å². The summed E-state index contributed by atoms with van der Waals surface area (Å²) in [5.41, 5.74) is -6.94. The third-order valence-corrected chi connectivity index (χ3v) is 5.44. The second-order valence-corrected chi connectivity index (χ2v) is 8.38. The summed E-state index contributed by atoms with van der Waals surface area (Å²) in [6.45, 7) is 0. The van der Waals surface area contributed by atoms with Gasteiger partial charge in [0, 0.05) is 23.8 Å². The van der Waals surface area contributed by atoms with Crippen LogP contribution in [0.2, 0.25) is 5.15 Å². The smallest absolute Gasteiger partial charge is 0.244 e. The van der Waals surface area contributed by atoms with Crippen molar-refractivity contribution in [2.45, 2.75) is 28.8 Å². The van der Waals surface area contributed by atoms with Crippen LogP contribution in [-0.4, -0.2) is 23.0 Å². The van der Waals surface area contributed by atoms with Crippen LogP contribution < -0.4 is 0 Å². The molecule has 0 spiro atoms. The number of rotatable bonds is 2. The number of hydrogen-bond donors (Lipinski definition) is 0. The highest BCUT2D eigenvalue weighted by Crippen LogP contribution is 2.55. The molecular formula is C14H7BrClF7IN. The third-order valence-electron chi connectivity index (χ3n) is 3.51. The molecule has 0 aromatic carbocycles. The quantitative estimate of drug-likeness (QED) is 0.167. The van der Waals surface area contributed by atoms with Gasteiger partial charge >= 0.3 is 18.0 Å². The Labute approximate surface area is 164 Å². The van der Waals surface area contributed by atoms with Gasteiger partial charge in [-0.1, -0.05) is 39.7 Å². The van der Waals surface area contributed by atoms with Crippen LogP contribution in [-0.2, 0) is 4.32 Å². The Morgan fingerprint density at radius 3 is 2.16 bits per heavy atom. The summed E-state index contributed by atoms with van der Waals surface area (Å²) >= 11 is 10.6. The van der Waals surface area contributed by atoms with Crippen LogP contribution in [0, 0.1) is 0 Å². The van der Waals surface area contributed by atoms with Gasteiger partial charge in [0.1, 0.15) is 5.15 Å². The van der Waals surface area contributed by atoms with Gasteiger partial charge in [-0.15, -0.1) is 0 Å². The average Bonchev–Trinajstić information content (AvgIpc) is 2.43. The van der Waals surface area contributed by atoms with E-state index >= 15 is 0 Å². The summed E-state index contributed by atoms with van der Waals surface area (Å²) in [7, 11) is 0. The Morgan fingerprint density at radius 2 is 1.68 bits per heavy atom. The molecule has 0 N–H and O–H groups in total. The molecule has 1 aliphatic carbocycles. The molecule has 0 amide bonds. The molecular weight excluding hydrogens is 557 g/mol. The molecule has 2 rings (SSSR count). The van der Waals surface area contributed by atoms with Crippen LogP contribution in [0.15, 0.2) is 39.6 Å². The van der Waals surface area contributed by atoms with Gasteiger partial charge in [0.2, 0.25) is 0 Å². The van der Waals surface area contributed by atoms with Crippen molar-refractivity contribution >= 4 is 50.1 Å². The van der Waals surface area contributed by atoms with Gasteiger partial charge in [-0.2, -0.15) is 26.3 Å². The van der Waals surface area contributed by atoms with Crippen LogP contribution in [0.3, 0.4) is 0 Å². The van der Waals surface area contributed by atoms with Crippen molar-refractivity contribution in [1.29, 1.82) is 0 Å². The van der Waals surface area contributed by atoms with E-state index in [2.05, 4.69) is 20.9 Å². The van der Waals surface area contributed by atoms with Crippen LogP contribution in [0.5, 0.6) is 0 Å². The molecule has 0 saturated carbocycles. The molecule has 1 unspecified atom stereocenters. The summed E-state index contributed by atoms with van der Waals surface area (Å²) in [5, 5.41) is -0.121. The number of nitrogens with zero attached hydrogens (tertiary/aromatic N) is 1. The lowest BCUT2D eigenvalue weighted by atomic mass is 9.83. The van der Waals surface area contributed by atoms with Crippen molar-refractivity contribution in [1.82, 2.24) is 4.98 Å². The van der Waals surface area contributed by atoms with Crippen LogP contribution in [0.4, 0.5) is 30.7 Å². The van der Waals surface area contributed by atoms with E-state index in [0.29, 0.717) is 12.2 Å². The highest BCUT2D eigenvalue weighted by molar-refractivity contribution is 14.1. The first-order valence-corrected chi connectivity index (χ1v) is 8.69. The fourth-order valence-corrected chi connectivity index (χ4v) is 5.09. The maximum Gasteiger partial charge on any atom is 0.435 e. The largest absolute Gasteiger partial charge is 0.435 e. The highest BCUT2D eigenvalue weighted by atomic mass is 127. The zero-order valence-electron chi connectivity index (χ0n) is 11.8. The molecule has 0 fully saturated rings. The summed E-state index contributed by atoms with van der Waals surface area (Å²) < 4.78 is 91.1. The molecule has 0 saturated heterocycles. The monoisotopic (exact) mass is 563 g/mol. The highest BCUT2D eigenvalue weighted by Gasteiger charge is 2.74. The van der Waals surface area contributed by atoms with E-state index in [-0.39, 0.29) is 20.7 Å². The minimum absolute atomic E-state index is 0.0196. The standard InChI is InChI=1S/C14H7BrClF7IN/c15-11(9-2-1-3-25-10(9)16)5-7(4-8(24)6-11)12(17,13(18,19)20)14(21,22)23/h1-5H,6H2. The van der Waals surface area contributed by atoms with Gasteiger partial charge < -0.3 is 0 Å². The first-order chi connectivity index (χ1) is 11.2. The fourth-order valence-electron chi connectivity index (χ4n) is 2.36. The van der Waals surface area contributed by atoms with Crippen LogP contribution >= 0.6 is 50.1 Å². The molecule has 1 heterocycles. The SMILES string of the molecule is FC(F)(F)C(F)(C1=CC(Br)(c2cccnc2Cl)CC(I)=C1)C(F)(F)F. The van der Waals surface area contributed by atoms with Gasteiger partial charge in [0.05, 0.1) is 4.32 Å². The molecule has 11 heteroatoms. The Balaban J connectivity index is 2.71. The second-order valence-electron chi connectivity index (χ2n) is 5.23.